The highest BCUT2D eigenvalue weighted by molar-refractivity contribution is 5.41. The molecular formula is C17H24N2. The molecule has 1 aromatic rings. The lowest BCUT2D eigenvalue weighted by molar-refractivity contribution is 0.198. The van der Waals surface area contributed by atoms with Gasteiger partial charge in [-0.1, -0.05) is 43.9 Å². The maximum Gasteiger partial charge on any atom is 0.0555 e. The molecule has 2 rings (SSSR count). The van der Waals surface area contributed by atoms with Crippen molar-refractivity contribution in [3.8, 4) is 11.8 Å². The van der Waals surface area contributed by atoms with Crippen molar-refractivity contribution in [1.29, 1.82) is 0 Å². The maximum absolute atomic E-state index is 5.47. The van der Waals surface area contributed by atoms with Crippen LogP contribution in [0.25, 0.3) is 0 Å². The fourth-order valence-corrected chi connectivity index (χ4v) is 2.95. The smallest absolute Gasteiger partial charge is 0.0555 e. The third-order valence-electron chi connectivity index (χ3n) is 3.90. The summed E-state index contributed by atoms with van der Waals surface area (Å²) in [6.45, 7) is 7.29. The van der Waals surface area contributed by atoms with E-state index in [4.69, 9.17) is 5.73 Å². The van der Waals surface area contributed by atoms with Crippen LogP contribution in [-0.4, -0.2) is 24.0 Å². The van der Waals surface area contributed by atoms with Gasteiger partial charge in [0.1, 0.15) is 0 Å². The Morgan fingerprint density at radius 1 is 1.37 bits per heavy atom. The lowest BCUT2D eigenvalue weighted by Crippen LogP contribution is -2.33. The fourth-order valence-electron chi connectivity index (χ4n) is 2.95. The molecule has 0 spiro atoms. The molecule has 0 bridgehead atoms. The van der Waals surface area contributed by atoms with Crippen molar-refractivity contribution in [1.82, 2.24) is 4.90 Å². The molecule has 0 amide bonds. The van der Waals surface area contributed by atoms with Crippen molar-refractivity contribution >= 4 is 0 Å². The van der Waals surface area contributed by atoms with E-state index in [1.165, 1.54) is 24.9 Å². The molecule has 2 heteroatoms. The Balaban J connectivity index is 2.14. The van der Waals surface area contributed by atoms with E-state index in [1.54, 1.807) is 0 Å². The molecule has 1 unspecified atom stereocenters. The highest BCUT2D eigenvalue weighted by Crippen LogP contribution is 2.26. The van der Waals surface area contributed by atoms with Gasteiger partial charge in [0.2, 0.25) is 0 Å². The predicted molar refractivity (Wildman–Crippen MR) is 80.6 cm³/mol. The second-order valence-electron chi connectivity index (χ2n) is 5.59. The number of hydrogen-bond acceptors (Lipinski definition) is 2. The second kappa shape index (κ2) is 6.75. The molecule has 1 fully saturated rings. The molecule has 0 aliphatic carbocycles. The number of nitrogens with zero attached hydrogens (tertiary/aromatic N) is 1. The van der Waals surface area contributed by atoms with Crippen molar-refractivity contribution in [3.63, 3.8) is 0 Å². The Bertz CT molecular complexity index is 468. The van der Waals surface area contributed by atoms with Crippen LogP contribution in [0.4, 0.5) is 0 Å². The van der Waals surface area contributed by atoms with Crippen LogP contribution in [0.15, 0.2) is 24.3 Å². The molecule has 1 aromatic carbocycles. The number of likely N-dealkylation sites (tertiary alicyclic amines) is 1. The summed E-state index contributed by atoms with van der Waals surface area (Å²) in [6, 6.07) is 9.15. The van der Waals surface area contributed by atoms with Crippen molar-refractivity contribution in [2.45, 2.75) is 39.3 Å². The predicted octanol–water partition coefficient (Wildman–Crippen LogP) is 2.62. The summed E-state index contributed by atoms with van der Waals surface area (Å²) < 4.78 is 0. The molecule has 102 valence electrons. The number of nitrogens with two attached hydrogens (primary N) is 1. The molecule has 1 atom stereocenters. The molecular weight excluding hydrogens is 232 g/mol. The summed E-state index contributed by atoms with van der Waals surface area (Å²) in [4.78, 5) is 2.60. The largest absolute Gasteiger partial charge is 0.320 e. The summed E-state index contributed by atoms with van der Waals surface area (Å²) in [5, 5.41) is 0. The summed E-state index contributed by atoms with van der Waals surface area (Å²) in [6.07, 6.45) is 2.65. The normalized spacial score (nSPS) is 19.5. The standard InChI is InChI=1S/C17H24N2/c1-14(2)17-10-6-12-19(17)13-16-8-4-3-7-15(16)9-5-11-18/h3-4,7-8,14,17H,6,10-13,18H2,1-2H3. The van der Waals surface area contributed by atoms with Gasteiger partial charge in [-0.3, -0.25) is 4.90 Å². The molecule has 0 saturated carbocycles. The summed E-state index contributed by atoms with van der Waals surface area (Å²) >= 11 is 0. The average Bonchev–Trinajstić information content (AvgIpc) is 2.86. The van der Waals surface area contributed by atoms with Crippen LogP contribution in [-0.2, 0) is 6.54 Å². The van der Waals surface area contributed by atoms with Gasteiger partial charge in [-0.05, 0) is 36.9 Å². The maximum atomic E-state index is 5.47. The van der Waals surface area contributed by atoms with Crippen molar-refractivity contribution in [2.24, 2.45) is 11.7 Å². The van der Waals surface area contributed by atoms with E-state index < -0.39 is 0 Å². The first-order valence-electron chi connectivity index (χ1n) is 7.23. The van der Waals surface area contributed by atoms with E-state index in [1.807, 2.05) is 6.07 Å². The summed E-state index contributed by atoms with van der Waals surface area (Å²) in [7, 11) is 0. The molecule has 1 heterocycles. The number of rotatable bonds is 3. The summed E-state index contributed by atoms with van der Waals surface area (Å²) in [5.74, 6) is 6.88. The van der Waals surface area contributed by atoms with E-state index in [0.717, 1.165) is 24.1 Å². The average molecular weight is 256 g/mol. The lowest BCUT2D eigenvalue weighted by atomic mass is 10.0. The number of hydrogen-bond donors (Lipinski definition) is 1. The molecule has 2 nitrogen and oxygen atoms in total. The Hall–Kier alpha value is -1.30. The van der Waals surface area contributed by atoms with Crippen molar-refractivity contribution in [3.05, 3.63) is 35.4 Å². The molecule has 2 N–H and O–H groups in total. The van der Waals surface area contributed by atoms with Crippen LogP contribution in [0.1, 0.15) is 37.8 Å². The van der Waals surface area contributed by atoms with E-state index in [2.05, 4.69) is 48.8 Å². The topological polar surface area (TPSA) is 29.3 Å². The number of benzene rings is 1. The Kier molecular flexibility index (Phi) is 5.01. The van der Waals surface area contributed by atoms with Crippen LogP contribution >= 0.6 is 0 Å². The Labute approximate surface area is 117 Å². The first kappa shape index (κ1) is 14.1. The van der Waals surface area contributed by atoms with Crippen LogP contribution in [0, 0.1) is 17.8 Å². The SMILES string of the molecule is CC(C)C1CCCN1Cc1ccccc1C#CCN. The van der Waals surface area contributed by atoms with Gasteiger partial charge in [0.05, 0.1) is 6.54 Å². The molecule has 1 aliphatic heterocycles. The fraction of sp³-hybridized carbons (Fsp3) is 0.529. The molecule has 0 aromatic heterocycles. The van der Waals surface area contributed by atoms with Gasteiger partial charge >= 0.3 is 0 Å². The molecule has 1 aliphatic rings. The van der Waals surface area contributed by atoms with E-state index in [9.17, 15) is 0 Å². The Morgan fingerprint density at radius 3 is 2.89 bits per heavy atom. The van der Waals surface area contributed by atoms with Gasteiger partial charge in [0.15, 0.2) is 0 Å². The van der Waals surface area contributed by atoms with Gasteiger partial charge in [-0.15, -0.1) is 0 Å². The van der Waals surface area contributed by atoms with Crippen LogP contribution in [0.3, 0.4) is 0 Å². The first-order chi connectivity index (χ1) is 9.22. The minimum Gasteiger partial charge on any atom is -0.320 e. The lowest BCUT2D eigenvalue weighted by Gasteiger charge is -2.27. The van der Waals surface area contributed by atoms with Gasteiger partial charge < -0.3 is 5.73 Å². The zero-order valence-corrected chi connectivity index (χ0v) is 12.0. The quantitative estimate of drug-likeness (QED) is 0.842. The van der Waals surface area contributed by atoms with E-state index in [0.29, 0.717) is 6.54 Å². The highest BCUT2D eigenvalue weighted by Gasteiger charge is 2.27. The van der Waals surface area contributed by atoms with E-state index in [-0.39, 0.29) is 0 Å². The third kappa shape index (κ3) is 3.59. The third-order valence-corrected chi connectivity index (χ3v) is 3.90. The van der Waals surface area contributed by atoms with Gasteiger partial charge in [0, 0.05) is 18.2 Å². The van der Waals surface area contributed by atoms with Gasteiger partial charge in [-0.2, -0.15) is 0 Å². The molecule has 0 radical (unpaired) electrons. The molecule has 1 saturated heterocycles. The molecule has 19 heavy (non-hydrogen) atoms. The minimum absolute atomic E-state index is 0.423. The van der Waals surface area contributed by atoms with Crippen molar-refractivity contribution < 1.29 is 0 Å². The van der Waals surface area contributed by atoms with Crippen LogP contribution in [0.5, 0.6) is 0 Å². The second-order valence-corrected chi connectivity index (χ2v) is 5.59. The van der Waals surface area contributed by atoms with Crippen LogP contribution in [0.2, 0.25) is 0 Å². The van der Waals surface area contributed by atoms with Gasteiger partial charge in [0.25, 0.3) is 0 Å². The van der Waals surface area contributed by atoms with E-state index >= 15 is 0 Å². The zero-order chi connectivity index (χ0) is 13.7. The van der Waals surface area contributed by atoms with Crippen molar-refractivity contribution in [2.75, 3.05) is 13.1 Å². The van der Waals surface area contributed by atoms with Crippen LogP contribution < -0.4 is 5.73 Å². The minimum atomic E-state index is 0.423. The van der Waals surface area contributed by atoms with Gasteiger partial charge in [-0.25, -0.2) is 0 Å². The summed E-state index contributed by atoms with van der Waals surface area (Å²) in [5.41, 5.74) is 7.92. The Morgan fingerprint density at radius 2 is 2.16 bits per heavy atom. The monoisotopic (exact) mass is 256 g/mol. The first-order valence-corrected chi connectivity index (χ1v) is 7.23. The zero-order valence-electron chi connectivity index (χ0n) is 12.0. The highest BCUT2D eigenvalue weighted by atomic mass is 15.2.